The van der Waals surface area contributed by atoms with Crippen molar-refractivity contribution in [3.63, 3.8) is 0 Å². The normalized spacial score (nSPS) is 12.0. The van der Waals surface area contributed by atoms with Crippen LogP contribution in [-0.4, -0.2) is 82.4 Å². The lowest BCUT2D eigenvalue weighted by Gasteiger charge is -2.15. The summed E-state index contributed by atoms with van der Waals surface area (Å²) in [5.41, 5.74) is 10.1. The summed E-state index contributed by atoms with van der Waals surface area (Å²) >= 11 is 0. The van der Waals surface area contributed by atoms with E-state index in [2.05, 4.69) is 27.4 Å². The Kier molecular flexibility index (Phi) is 19.5. The van der Waals surface area contributed by atoms with Gasteiger partial charge in [-0.25, -0.2) is 0 Å². The second-order valence-corrected chi connectivity index (χ2v) is 16.9. The molecule has 6 heterocycles. The number of carbonyl (C=O) groups is 1. The fraction of sp³-hybridized carbons (Fsp3) is 0.233. The molecule has 0 amide bonds. The van der Waals surface area contributed by atoms with E-state index in [1.165, 1.54) is 5.56 Å². The van der Waals surface area contributed by atoms with Gasteiger partial charge in [-0.2, -0.15) is 15.3 Å². The first-order chi connectivity index (χ1) is 36.1. The van der Waals surface area contributed by atoms with Crippen LogP contribution in [-0.2, 0) is 27.6 Å². The summed E-state index contributed by atoms with van der Waals surface area (Å²) < 4.78 is 54.0. The zero-order valence-corrected chi connectivity index (χ0v) is 41.6. The van der Waals surface area contributed by atoms with E-state index >= 15 is 0 Å². The minimum Gasteiger partial charge on any atom is -0.496 e. The van der Waals surface area contributed by atoms with Crippen molar-refractivity contribution < 1.29 is 52.5 Å². The van der Waals surface area contributed by atoms with Gasteiger partial charge in [0.2, 0.25) is 20.4 Å². The maximum atomic E-state index is 10.9. The molecule has 1 atom stereocenters. The van der Waals surface area contributed by atoms with Crippen LogP contribution >= 0.6 is 0 Å². The van der Waals surface area contributed by atoms with E-state index in [0.717, 1.165) is 97.5 Å². The molecule has 0 aliphatic carbocycles. The standard InChI is InChI=1S/C19H18N2O4.C19H18N2O3.C15H12O4.C4H6N2.3CH4/c1-21-15(7-8-20-21)19(22)13-4-5-16(23-2)14(9-13)12-3-6-17-18(10-12)25-11-24-17;1-21-15(7-8-20-21)9-13-3-5-17(22-2)16(10-13)14-4-6-18-19(11-14)24-12-23-18;1-17-13-4-2-10(8-16)6-12(13)11-3-5-14-15(7-11)19-9-18-14;1-6-4-2-3-5-6;;;/h3-10,19,22H,11H2,1-2H3;3-8,10-11H,9,12H2,1-2H3;2-8H,9H2,1H3;2-4H,1H3;3*1H4. The van der Waals surface area contributed by atoms with Crippen molar-refractivity contribution in [1.29, 1.82) is 0 Å². The van der Waals surface area contributed by atoms with E-state index in [-0.39, 0.29) is 42.7 Å². The van der Waals surface area contributed by atoms with Gasteiger partial charge in [0, 0.05) is 80.3 Å². The van der Waals surface area contributed by atoms with Crippen LogP contribution in [0.5, 0.6) is 51.7 Å². The Morgan fingerprint density at radius 2 is 1.01 bits per heavy atom. The highest BCUT2D eigenvalue weighted by molar-refractivity contribution is 5.82. The lowest BCUT2D eigenvalue weighted by atomic mass is 9.98. The molecule has 0 fully saturated rings. The van der Waals surface area contributed by atoms with Gasteiger partial charge in [0.15, 0.2) is 34.5 Å². The summed E-state index contributed by atoms with van der Waals surface area (Å²) in [6.45, 7) is 0.746. The van der Waals surface area contributed by atoms with E-state index in [1.807, 2.05) is 122 Å². The van der Waals surface area contributed by atoms with Crippen molar-refractivity contribution >= 4 is 6.29 Å². The Hall–Kier alpha value is -9.22. The van der Waals surface area contributed by atoms with E-state index < -0.39 is 6.10 Å². The number of benzene rings is 6. The molecule has 1 unspecified atom stereocenters. The second kappa shape index (κ2) is 26.3. The molecule has 0 spiro atoms. The van der Waals surface area contributed by atoms with E-state index in [0.29, 0.717) is 22.8 Å². The molecule has 77 heavy (non-hydrogen) atoms. The Balaban J connectivity index is 0.000000175. The molecule has 12 rings (SSSR count). The van der Waals surface area contributed by atoms with E-state index in [1.54, 1.807) is 74.4 Å². The number of methoxy groups -OCH3 is 3. The van der Waals surface area contributed by atoms with Gasteiger partial charge in [0.05, 0.1) is 27.0 Å². The molecular formula is C60H66N6O11. The molecule has 3 aromatic heterocycles. The first kappa shape index (κ1) is 57.1. The molecule has 0 radical (unpaired) electrons. The molecule has 0 saturated heterocycles. The second-order valence-electron chi connectivity index (χ2n) is 16.9. The highest BCUT2D eigenvalue weighted by Gasteiger charge is 2.21. The van der Waals surface area contributed by atoms with Crippen LogP contribution in [0.15, 0.2) is 152 Å². The molecule has 402 valence electrons. The number of carbonyl (C=O) groups excluding carboxylic acids is 1. The topological polar surface area (TPSA) is 174 Å². The van der Waals surface area contributed by atoms with E-state index in [9.17, 15) is 9.90 Å². The average molecular weight is 1050 g/mol. The van der Waals surface area contributed by atoms with Gasteiger partial charge in [0.25, 0.3) is 0 Å². The zero-order chi connectivity index (χ0) is 51.6. The third-order valence-corrected chi connectivity index (χ3v) is 12.3. The molecule has 17 nitrogen and oxygen atoms in total. The van der Waals surface area contributed by atoms with Crippen molar-refractivity contribution in [2.24, 2.45) is 21.1 Å². The Morgan fingerprint density at radius 1 is 0.532 bits per heavy atom. The molecule has 17 heteroatoms. The molecule has 9 aromatic rings. The van der Waals surface area contributed by atoms with Crippen LogP contribution in [0.1, 0.15) is 61.3 Å². The number of aldehydes is 1. The van der Waals surface area contributed by atoms with Gasteiger partial charge < -0.3 is 47.7 Å². The molecule has 3 aliphatic rings. The predicted octanol–water partition coefficient (Wildman–Crippen LogP) is 11.6. The fourth-order valence-corrected chi connectivity index (χ4v) is 8.38. The van der Waals surface area contributed by atoms with Crippen molar-refractivity contribution in [2.75, 3.05) is 41.7 Å². The quantitative estimate of drug-likeness (QED) is 0.121. The minimum atomic E-state index is -0.772. The van der Waals surface area contributed by atoms with Gasteiger partial charge >= 0.3 is 0 Å². The molecule has 3 aliphatic heterocycles. The maximum absolute atomic E-state index is 10.9. The summed E-state index contributed by atoms with van der Waals surface area (Å²) in [6, 6.07) is 40.3. The monoisotopic (exact) mass is 1050 g/mol. The number of nitrogens with zero attached hydrogens (tertiary/aromatic N) is 6. The lowest BCUT2D eigenvalue weighted by molar-refractivity contribution is 0.112. The highest BCUT2D eigenvalue weighted by atomic mass is 16.7. The number of hydrogen-bond acceptors (Lipinski definition) is 14. The van der Waals surface area contributed by atoms with Crippen molar-refractivity contribution in [2.45, 2.75) is 34.8 Å². The Morgan fingerprint density at radius 3 is 1.45 bits per heavy atom. The summed E-state index contributed by atoms with van der Waals surface area (Å²) in [5, 5.41) is 22.9. The van der Waals surface area contributed by atoms with Crippen LogP contribution in [0.25, 0.3) is 33.4 Å². The molecule has 0 bridgehead atoms. The van der Waals surface area contributed by atoms with Crippen LogP contribution in [0.3, 0.4) is 0 Å². The average Bonchev–Trinajstić information content (AvgIpc) is 4.33. The SMILES string of the molecule is C.C.C.COc1ccc(C(O)c2ccnn2C)cc1-c1ccc2c(c1)OCO2.COc1ccc(C=O)cc1-c1ccc2c(c1)OCO2.COc1ccc(Cc2ccnn2C)cc1-c1ccc2c(c1)OCO2.Cn1cccn1. The summed E-state index contributed by atoms with van der Waals surface area (Å²) in [5.74, 6) is 6.69. The van der Waals surface area contributed by atoms with Gasteiger partial charge in [0.1, 0.15) is 29.6 Å². The molecule has 6 aromatic carbocycles. The van der Waals surface area contributed by atoms with Gasteiger partial charge in [-0.05, 0) is 125 Å². The number of rotatable bonds is 11. The third-order valence-electron chi connectivity index (χ3n) is 12.3. The van der Waals surface area contributed by atoms with Gasteiger partial charge in [-0.1, -0.05) is 52.6 Å². The van der Waals surface area contributed by atoms with E-state index in [4.69, 9.17) is 42.6 Å². The predicted molar refractivity (Wildman–Crippen MR) is 296 cm³/mol. The zero-order valence-electron chi connectivity index (χ0n) is 41.6. The maximum Gasteiger partial charge on any atom is 0.231 e. The number of aliphatic hydroxyl groups is 1. The van der Waals surface area contributed by atoms with Crippen LogP contribution < -0.4 is 42.6 Å². The molecule has 0 saturated carbocycles. The Labute approximate surface area is 449 Å². The number of ether oxygens (including phenoxy) is 9. The smallest absolute Gasteiger partial charge is 0.231 e. The van der Waals surface area contributed by atoms with Crippen LogP contribution in [0, 0.1) is 0 Å². The number of aliphatic hydroxyl groups excluding tert-OH is 1. The Bertz CT molecular complexity index is 3370. The number of hydrogen-bond donors (Lipinski definition) is 1. The fourth-order valence-electron chi connectivity index (χ4n) is 8.38. The largest absolute Gasteiger partial charge is 0.496 e. The first-order valence-corrected chi connectivity index (χ1v) is 23.4. The van der Waals surface area contributed by atoms with Crippen LogP contribution in [0.4, 0.5) is 0 Å². The highest BCUT2D eigenvalue weighted by Crippen LogP contribution is 2.42. The van der Waals surface area contributed by atoms with Crippen molar-refractivity contribution in [3.8, 4) is 85.1 Å². The van der Waals surface area contributed by atoms with Gasteiger partial charge in [-0.15, -0.1) is 0 Å². The molecular weight excluding hydrogens is 981 g/mol. The summed E-state index contributed by atoms with van der Waals surface area (Å²) in [7, 11) is 10.6. The number of fused-ring (bicyclic) bond motifs is 3. The van der Waals surface area contributed by atoms with Crippen LogP contribution in [0.2, 0.25) is 0 Å². The van der Waals surface area contributed by atoms with Crippen molar-refractivity contribution in [1.82, 2.24) is 29.3 Å². The lowest BCUT2D eigenvalue weighted by Crippen LogP contribution is -2.07. The number of aromatic nitrogens is 6. The number of aryl methyl sites for hydroxylation is 3. The summed E-state index contributed by atoms with van der Waals surface area (Å²) in [4.78, 5) is 10.9. The summed E-state index contributed by atoms with van der Waals surface area (Å²) in [6.07, 6.45) is 7.98. The van der Waals surface area contributed by atoms with Gasteiger partial charge in [-0.3, -0.25) is 18.8 Å². The first-order valence-electron chi connectivity index (χ1n) is 23.4. The van der Waals surface area contributed by atoms with Crippen molar-refractivity contribution in [3.05, 3.63) is 180 Å². The minimum absolute atomic E-state index is 0. The molecule has 1 N–H and O–H groups in total. The third kappa shape index (κ3) is 13.2.